The maximum atomic E-state index is 12.7. The molecule has 0 aliphatic heterocycles. The quantitative estimate of drug-likeness (QED) is 0.430. The van der Waals surface area contributed by atoms with Gasteiger partial charge < -0.3 is 14.5 Å². The number of aryl methyl sites for hydroxylation is 1. The van der Waals surface area contributed by atoms with Gasteiger partial charge in [-0.2, -0.15) is 0 Å². The molecule has 0 aliphatic carbocycles. The van der Waals surface area contributed by atoms with Crippen molar-refractivity contribution in [1.29, 1.82) is 0 Å². The van der Waals surface area contributed by atoms with Crippen LogP contribution in [0.15, 0.2) is 65.1 Å². The first-order chi connectivity index (χ1) is 13.9. The number of furan rings is 1. The van der Waals surface area contributed by atoms with E-state index in [1.807, 2.05) is 55.5 Å². The summed E-state index contributed by atoms with van der Waals surface area (Å²) in [6.07, 6.45) is -0.624. The van der Waals surface area contributed by atoms with Crippen LogP contribution in [0.2, 0.25) is 0 Å². The molecule has 4 heteroatoms. The number of amides is 1. The lowest BCUT2D eigenvalue weighted by Crippen LogP contribution is -2.30. The average molecular weight is 387 g/mol. The summed E-state index contributed by atoms with van der Waals surface area (Å²) < 4.78 is 11.9. The van der Waals surface area contributed by atoms with E-state index < -0.39 is 6.10 Å². The number of anilines is 1. The maximum Gasteiger partial charge on any atom is 0.265 e. The number of fused-ring (bicyclic) bond motifs is 3. The van der Waals surface area contributed by atoms with Crippen LogP contribution >= 0.6 is 0 Å². The fourth-order valence-corrected chi connectivity index (χ4v) is 3.51. The smallest absolute Gasteiger partial charge is 0.265 e. The normalized spacial score (nSPS) is 12.4. The van der Waals surface area contributed by atoms with Crippen molar-refractivity contribution in [3.63, 3.8) is 0 Å². The molecule has 1 atom stereocenters. The Morgan fingerprint density at radius 1 is 0.931 bits per heavy atom. The van der Waals surface area contributed by atoms with Crippen molar-refractivity contribution < 1.29 is 13.9 Å². The molecule has 29 heavy (non-hydrogen) atoms. The third-order valence-electron chi connectivity index (χ3n) is 5.11. The maximum absolute atomic E-state index is 12.7. The Morgan fingerprint density at radius 2 is 1.69 bits per heavy atom. The van der Waals surface area contributed by atoms with Gasteiger partial charge in [-0.1, -0.05) is 44.2 Å². The fourth-order valence-electron chi connectivity index (χ4n) is 3.51. The van der Waals surface area contributed by atoms with Crippen molar-refractivity contribution in [3.8, 4) is 5.75 Å². The third kappa shape index (κ3) is 3.83. The second-order valence-corrected chi connectivity index (χ2v) is 7.75. The van der Waals surface area contributed by atoms with Gasteiger partial charge in [0, 0.05) is 22.5 Å². The first-order valence-corrected chi connectivity index (χ1v) is 9.92. The molecule has 148 valence electrons. The van der Waals surface area contributed by atoms with Crippen LogP contribution in [0.4, 0.5) is 5.69 Å². The zero-order valence-electron chi connectivity index (χ0n) is 17.2. The lowest BCUT2D eigenvalue weighted by atomic mass is 10.0. The second kappa shape index (κ2) is 7.63. The molecule has 0 fully saturated rings. The van der Waals surface area contributed by atoms with Gasteiger partial charge in [-0.25, -0.2) is 0 Å². The van der Waals surface area contributed by atoms with Crippen molar-refractivity contribution in [2.24, 2.45) is 0 Å². The molecule has 3 aromatic carbocycles. The minimum absolute atomic E-state index is 0.198. The summed E-state index contributed by atoms with van der Waals surface area (Å²) in [4.78, 5) is 12.7. The zero-order chi connectivity index (χ0) is 20.5. The van der Waals surface area contributed by atoms with E-state index in [1.54, 1.807) is 6.92 Å². The van der Waals surface area contributed by atoms with Crippen LogP contribution in [-0.4, -0.2) is 12.0 Å². The number of carbonyl (C=O) groups is 1. The molecule has 0 unspecified atom stereocenters. The zero-order valence-corrected chi connectivity index (χ0v) is 17.2. The van der Waals surface area contributed by atoms with E-state index in [1.165, 1.54) is 0 Å². The van der Waals surface area contributed by atoms with Crippen LogP contribution in [0.3, 0.4) is 0 Å². The van der Waals surface area contributed by atoms with Crippen molar-refractivity contribution in [1.82, 2.24) is 0 Å². The van der Waals surface area contributed by atoms with Crippen molar-refractivity contribution in [3.05, 3.63) is 71.8 Å². The molecule has 4 rings (SSSR count). The molecule has 1 N–H and O–H groups in total. The highest BCUT2D eigenvalue weighted by Gasteiger charge is 2.18. The van der Waals surface area contributed by atoms with E-state index >= 15 is 0 Å². The lowest BCUT2D eigenvalue weighted by Gasteiger charge is -2.19. The molecule has 1 heterocycles. The number of ether oxygens (including phenoxy) is 1. The number of hydrogen-bond acceptors (Lipinski definition) is 3. The summed E-state index contributed by atoms with van der Waals surface area (Å²) in [5.41, 5.74) is 4.47. The van der Waals surface area contributed by atoms with Gasteiger partial charge in [0.25, 0.3) is 5.91 Å². The Hall–Kier alpha value is -3.27. The Balaban J connectivity index is 1.53. The number of rotatable bonds is 5. The third-order valence-corrected chi connectivity index (χ3v) is 5.11. The highest BCUT2D eigenvalue weighted by Crippen LogP contribution is 2.31. The topological polar surface area (TPSA) is 51.5 Å². The first-order valence-electron chi connectivity index (χ1n) is 9.92. The molecule has 0 bridgehead atoms. The van der Waals surface area contributed by atoms with Crippen molar-refractivity contribution in [2.75, 3.05) is 5.32 Å². The van der Waals surface area contributed by atoms with Gasteiger partial charge >= 0.3 is 0 Å². The van der Waals surface area contributed by atoms with E-state index in [0.717, 1.165) is 38.8 Å². The molecule has 1 amide bonds. The van der Waals surface area contributed by atoms with Gasteiger partial charge in [0.15, 0.2) is 6.10 Å². The second-order valence-electron chi connectivity index (χ2n) is 7.75. The van der Waals surface area contributed by atoms with E-state index in [0.29, 0.717) is 11.6 Å². The van der Waals surface area contributed by atoms with Gasteiger partial charge in [-0.05, 0) is 55.2 Å². The summed E-state index contributed by atoms with van der Waals surface area (Å²) >= 11 is 0. The Morgan fingerprint density at radius 3 is 2.48 bits per heavy atom. The fraction of sp³-hybridized carbons (Fsp3) is 0.240. The largest absolute Gasteiger partial charge is 0.481 e. The number of para-hydroxylation sites is 1. The summed E-state index contributed by atoms with van der Waals surface area (Å²) in [5, 5.41) is 5.04. The number of benzene rings is 3. The number of carbonyl (C=O) groups excluding carboxylic acids is 1. The minimum atomic E-state index is -0.624. The highest BCUT2D eigenvalue weighted by molar-refractivity contribution is 6.06. The predicted octanol–water partition coefficient (Wildman–Crippen LogP) is 6.42. The highest BCUT2D eigenvalue weighted by atomic mass is 16.5. The Kier molecular flexibility index (Phi) is 5.01. The Bertz CT molecular complexity index is 1190. The Labute approximate surface area is 170 Å². The van der Waals surface area contributed by atoms with Crippen LogP contribution in [0.25, 0.3) is 21.9 Å². The molecule has 0 aliphatic rings. The lowest BCUT2D eigenvalue weighted by molar-refractivity contribution is -0.122. The number of nitrogens with one attached hydrogen (secondary N) is 1. The van der Waals surface area contributed by atoms with Crippen LogP contribution < -0.4 is 10.1 Å². The van der Waals surface area contributed by atoms with Crippen molar-refractivity contribution in [2.45, 2.75) is 39.7 Å². The van der Waals surface area contributed by atoms with Gasteiger partial charge in [0.1, 0.15) is 16.9 Å². The molecular weight excluding hydrogens is 362 g/mol. The van der Waals surface area contributed by atoms with E-state index in [2.05, 4.69) is 31.3 Å². The summed E-state index contributed by atoms with van der Waals surface area (Å²) in [6.45, 7) is 8.02. The van der Waals surface area contributed by atoms with Gasteiger partial charge in [-0.15, -0.1) is 0 Å². The predicted molar refractivity (Wildman–Crippen MR) is 118 cm³/mol. The monoisotopic (exact) mass is 387 g/mol. The van der Waals surface area contributed by atoms with Crippen LogP contribution in [-0.2, 0) is 4.79 Å². The molecule has 4 aromatic rings. The minimum Gasteiger partial charge on any atom is -0.481 e. The molecule has 0 radical (unpaired) electrons. The molecule has 4 nitrogen and oxygen atoms in total. The average Bonchev–Trinajstić information content (AvgIpc) is 3.05. The van der Waals surface area contributed by atoms with E-state index in [4.69, 9.17) is 9.15 Å². The molecule has 1 aromatic heterocycles. The summed E-state index contributed by atoms with van der Waals surface area (Å²) in [5.74, 6) is 0.878. The molecule has 0 saturated carbocycles. The van der Waals surface area contributed by atoms with Crippen LogP contribution in [0.5, 0.6) is 5.75 Å². The summed E-state index contributed by atoms with van der Waals surface area (Å²) in [7, 11) is 0. The molecular formula is C25H25NO3. The van der Waals surface area contributed by atoms with Crippen molar-refractivity contribution >= 4 is 33.5 Å². The van der Waals surface area contributed by atoms with E-state index in [-0.39, 0.29) is 5.91 Å². The van der Waals surface area contributed by atoms with Crippen LogP contribution in [0, 0.1) is 6.92 Å². The van der Waals surface area contributed by atoms with Gasteiger partial charge in [-0.3, -0.25) is 4.79 Å². The summed E-state index contributed by atoms with van der Waals surface area (Å²) in [6, 6.07) is 19.7. The molecule has 0 spiro atoms. The standard InChI is InChI=1S/C25H25NO3/c1-15(2)19-11-9-16(3)13-23(19)28-17(4)25(27)26-18-10-12-21-20-7-5-6-8-22(20)29-24(21)14-18/h5-15,17H,1-4H3,(H,26,27)/t17-/m1/s1. The van der Waals surface area contributed by atoms with Crippen LogP contribution in [0.1, 0.15) is 37.8 Å². The van der Waals surface area contributed by atoms with E-state index in [9.17, 15) is 4.79 Å². The van der Waals surface area contributed by atoms with Gasteiger partial charge in [0.05, 0.1) is 0 Å². The molecule has 0 saturated heterocycles. The number of hydrogen-bond donors (Lipinski definition) is 1. The SMILES string of the molecule is Cc1ccc(C(C)C)c(O[C@H](C)C(=O)Nc2ccc3c(c2)oc2ccccc23)c1. The van der Waals surface area contributed by atoms with Gasteiger partial charge in [0.2, 0.25) is 0 Å². The first kappa shape index (κ1) is 19.1.